The van der Waals surface area contributed by atoms with E-state index in [0.29, 0.717) is 6.54 Å². The summed E-state index contributed by atoms with van der Waals surface area (Å²) in [4.78, 5) is 18.8. The summed E-state index contributed by atoms with van der Waals surface area (Å²) >= 11 is 0. The Morgan fingerprint density at radius 1 is 1.05 bits per heavy atom. The molecule has 2 fully saturated rings. The number of carbonyl (C=O) groups is 1. The average molecular weight is 357 g/mol. The molecule has 0 bridgehead atoms. The number of piperazine rings is 2. The Morgan fingerprint density at radius 3 is 2.25 bits per heavy atom. The molecule has 2 saturated heterocycles. The molecule has 0 aromatic rings. The smallest absolute Gasteiger partial charge is 0.236 e. The fraction of sp³-hybridized carbons (Fsp3) is 0.923. The van der Waals surface area contributed by atoms with Crippen LogP contribution in [0.15, 0.2) is 0 Å². The summed E-state index contributed by atoms with van der Waals surface area (Å²) < 4.78 is 0. The molecular weight excluding hydrogens is 331 g/mol. The molecule has 1 amide bonds. The van der Waals surface area contributed by atoms with Crippen molar-refractivity contribution in [2.24, 2.45) is 0 Å². The first-order valence-corrected chi connectivity index (χ1v) is 7.30. The number of hydrogen-bond acceptors (Lipinski definition) is 4. The molecule has 0 unspecified atom stereocenters. The Balaban J connectivity index is 0.00000200. The van der Waals surface area contributed by atoms with E-state index in [1.54, 1.807) is 0 Å². The van der Waals surface area contributed by atoms with Crippen LogP contribution < -0.4 is 5.32 Å². The van der Waals surface area contributed by atoms with Crippen molar-refractivity contribution < 1.29 is 37.5 Å². The molecule has 2 aliphatic rings. The van der Waals surface area contributed by atoms with Crippen molar-refractivity contribution in [3.8, 4) is 0 Å². The van der Waals surface area contributed by atoms with Crippen LogP contribution in [0.5, 0.6) is 0 Å². The van der Waals surface area contributed by atoms with Gasteiger partial charge in [-0.1, -0.05) is 0 Å². The largest absolute Gasteiger partial charge is 0.659 e. The molecular formula is C13H26N5OY-. The van der Waals surface area contributed by atoms with E-state index >= 15 is 0 Å². The van der Waals surface area contributed by atoms with Crippen LogP contribution in [0.1, 0.15) is 0 Å². The first kappa shape index (κ1) is 18.5. The summed E-state index contributed by atoms with van der Waals surface area (Å²) in [6, 6.07) is 0. The molecule has 6 nitrogen and oxygen atoms in total. The molecule has 0 spiro atoms. The molecule has 1 N–H and O–H groups in total. The SMILES string of the molecule is CNCCN1CCN(CC(=O)N2CC[N-]CC2)CC1.[Y]. The van der Waals surface area contributed by atoms with Crippen LogP contribution in [0, 0.1) is 0 Å². The third-order valence-corrected chi connectivity index (χ3v) is 3.91. The van der Waals surface area contributed by atoms with E-state index in [4.69, 9.17) is 0 Å². The van der Waals surface area contributed by atoms with E-state index < -0.39 is 0 Å². The maximum absolute atomic E-state index is 12.1. The number of rotatable bonds is 5. The number of nitrogens with zero attached hydrogens (tertiary/aromatic N) is 4. The molecule has 2 aliphatic heterocycles. The molecule has 1 radical (unpaired) electrons. The number of carbonyl (C=O) groups excluding carboxylic acids is 1. The van der Waals surface area contributed by atoms with Gasteiger partial charge in [-0.15, -0.1) is 13.1 Å². The first-order valence-electron chi connectivity index (χ1n) is 7.30. The van der Waals surface area contributed by atoms with Crippen LogP contribution >= 0.6 is 0 Å². The van der Waals surface area contributed by atoms with Gasteiger partial charge in [0.15, 0.2) is 0 Å². The minimum atomic E-state index is 0. The predicted octanol–water partition coefficient (Wildman–Crippen LogP) is -0.963. The summed E-state index contributed by atoms with van der Waals surface area (Å²) in [5.74, 6) is 0.276. The summed E-state index contributed by atoms with van der Waals surface area (Å²) in [6.07, 6.45) is 0. The molecule has 0 aromatic heterocycles. The van der Waals surface area contributed by atoms with Crippen molar-refractivity contribution in [3.63, 3.8) is 0 Å². The number of amides is 1. The fourth-order valence-electron chi connectivity index (χ4n) is 2.59. The minimum Gasteiger partial charge on any atom is -0.659 e. The molecule has 0 saturated carbocycles. The Bertz CT molecular complexity index is 278. The molecule has 0 aromatic carbocycles. The van der Waals surface area contributed by atoms with E-state index in [-0.39, 0.29) is 38.6 Å². The fourth-order valence-corrected chi connectivity index (χ4v) is 2.59. The van der Waals surface area contributed by atoms with E-state index in [9.17, 15) is 4.79 Å². The summed E-state index contributed by atoms with van der Waals surface area (Å²) in [7, 11) is 1.99. The zero-order chi connectivity index (χ0) is 13.5. The van der Waals surface area contributed by atoms with Gasteiger partial charge in [-0.2, -0.15) is 0 Å². The third kappa shape index (κ3) is 6.04. The quantitative estimate of drug-likeness (QED) is 0.689. The van der Waals surface area contributed by atoms with Crippen molar-refractivity contribution in [2.45, 2.75) is 0 Å². The third-order valence-electron chi connectivity index (χ3n) is 3.91. The zero-order valence-electron chi connectivity index (χ0n) is 12.6. The zero-order valence-corrected chi connectivity index (χ0v) is 15.4. The maximum Gasteiger partial charge on any atom is 0.236 e. The number of nitrogens with one attached hydrogen (secondary N) is 1. The summed E-state index contributed by atoms with van der Waals surface area (Å²) in [5, 5.41) is 7.45. The standard InChI is InChI=1S/C13H26N5O.Y/c1-14-2-5-16-8-10-17(11-9-16)12-13(19)18-6-3-15-4-7-18;/h14H,2-12H2,1H3;/q-1;. The van der Waals surface area contributed by atoms with Gasteiger partial charge in [0.05, 0.1) is 6.54 Å². The Hall–Kier alpha value is 0.414. The molecule has 0 atom stereocenters. The topological polar surface area (TPSA) is 52.9 Å². The van der Waals surface area contributed by atoms with Gasteiger partial charge in [-0.05, 0) is 7.05 Å². The number of hydrogen-bond donors (Lipinski definition) is 1. The van der Waals surface area contributed by atoms with Crippen molar-refractivity contribution in [1.29, 1.82) is 0 Å². The minimum absolute atomic E-state index is 0. The molecule has 7 heteroatoms. The van der Waals surface area contributed by atoms with Crippen LogP contribution in [0.4, 0.5) is 0 Å². The van der Waals surface area contributed by atoms with Gasteiger partial charge in [0.1, 0.15) is 0 Å². The Labute approximate surface area is 147 Å². The van der Waals surface area contributed by atoms with Crippen LogP contribution in [0.25, 0.3) is 5.32 Å². The van der Waals surface area contributed by atoms with Crippen LogP contribution in [-0.4, -0.2) is 99.6 Å². The maximum atomic E-state index is 12.1. The van der Waals surface area contributed by atoms with Gasteiger partial charge < -0.3 is 15.5 Å². The average Bonchev–Trinajstić information content (AvgIpc) is 2.47. The second-order valence-corrected chi connectivity index (χ2v) is 5.27. The molecule has 20 heavy (non-hydrogen) atoms. The van der Waals surface area contributed by atoms with Gasteiger partial charge in [0.2, 0.25) is 5.91 Å². The molecule has 113 valence electrons. The van der Waals surface area contributed by atoms with Crippen molar-refractivity contribution >= 4 is 5.91 Å². The Kier molecular flexibility index (Phi) is 9.41. The molecule has 2 rings (SSSR count). The summed E-state index contributed by atoms with van der Waals surface area (Å²) in [6.45, 7) is 10.1. The normalized spacial score (nSPS) is 21.6. The van der Waals surface area contributed by atoms with Gasteiger partial charge in [-0.25, -0.2) is 0 Å². The van der Waals surface area contributed by atoms with E-state index in [1.807, 2.05) is 11.9 Å². The molecule has 0 aliphatic carbocycles. The van der Waals surface area contributed by atoms with Gasteiger partial charge in [-0.3, -0.25) is 14.6 Å². The summed E-state index contributed by atoms with van der Waals surface area (Å²) in [5.41, 5.74) is 0. The van der Waals surface area contributed by atoms with Crippen molar-refractivity contribution in [3.05, 3.63) is 5.32 Å². The second-order valence-electron chi connectivity index (χ2n) is 5.27. The van der Waals surface area contributed by atoms with E-state index in [1.165, 1.54) is 0 Å². The number of likely N-dealkylation sites (N-methyl/N-ethyl adjacent to an activating group) is 1. The van der Waals surface area contributed by atoms with Gasteiger partial charge in [0.25, 0.3) is 0 Å². The van der Waals surface area contributed by atoms with E-state index in [0.717, 1.165) is 65.4 Å². The van der Waals surface area contributed by atoms with Crippen LogP contribution in [0.2, 0.25) is 0 Å². The molecule has 2 heterocycles. The van der Waals surface area contributed by atoms with Crippen molar-refractivity contribution in [1.82, 2.24) is 20.0 Å². The first-order chi connectivity index (χ1) is 9.29. The van der Waals surface area contributed by atoms with E-state index in [2.05, 4.69) is 20.4 Å². The predicted molar refractivity (Wildman–Crippen MR) is 76.5 cm³/mol. The monoisotopic (exact) mass is 357 g/mol. The second kappa shape index (κ2) is 10.2. The van der Waals surface area contributed by atoms with Gasteiger partial charge >= 0.3 is 0 Å². The van der Waals surface area contributed by atoms with Gasteiger partial charge in [0, 0.05) is 85.1 Å². The van der Waals surface area contributed by atoms with Crippen LogP contribution in [0.3, 0.4) is 0 Å². The van der Waals surface area contributed by atoms with Crippen LogP contribution in [-0.2, 0) is 37.5 Å². The van der Waals surface area contributed by atoms with Crippen molar-refractivity contribution in [2.75, 3.05) is 79.0 Å². The Morgan fingerprint density at radius 2 is 1.65 bits per heavy atom.